The van der Waals surface area contributed by atoms with Crippen molar-refractivity contribution in [1.82, 2.24) is 19.1 Å². The average molecular weight is 384 g/mol. The molecule has 0 radical (unpaired) electrons. The van der Waals surface area contributed by atoms with Crippen LogP contribution in [0.1, 0.15) is 12.5 Å². The number of hydrogen-bond acceptors (Lipinski definition) is 6. The summed E-state index contributed by atoms with van der Waals surface area (Å²) < 4.78 is 19.0. The van der Waals surface area contributed by atoms with E-state index in [1.54, 1.807) is 15.4 Å². The maximum atomic E-state index is 13.1. The highest BCUT2D eigenvalue weighted by molar-refractivity contribution is 5.87. The highest BCUT2D eigenvalue weighted by Gasteiger charge is 2.22. The van der Waals surface area contributed by atoms with Crippen molar-refractivity contribution < 1.29 is 19.0 Å². The molecule has 0 bridgehead atoms. The van der Waals surface area contributed by atoms with Crippen LogP contribution in [0.2, 0.25) is 0 Å². The fourth-order valence-corrected chi connectivity index (χ4v) is 3.75. The van der Waals surface area contributed by atoms with E-state index in [4.69, 9.17) is 14.2 Å². The molecule has 3 aromatic rings. The number of hydrogen-bond donors (Lipinski definition) is 0. The first-order valence-corrected chi connectivity index (χ1v) is 9.36. The highest BCUT2D eigenvalue weighted by atomic mass is 16.7. The van der Waals surface area contributed by atoms with Gasteiger partial charge in [-0.1, -0.05) is 6.92 Å². The number of benzene rings is 1. The van der Waals surface area contributed by atoms with E-state index in [1.165, 1.54) is 4.68 Å². The maximum absolute atomic E-state index is 13.1. The van der Waals surface area contributed by atoms with Gasteiger partial charge in [-0.25, -0.2) is 13.9 Å². The molecule has 2 aliphatic heterocycles. The fourth-order valence-electron chi connectivity index (χ4n) is 3.75. The zero-order valence-corrected chi connectivity index (χ0v) is 15.5. The average Bonchev–Trinajstić information content (AvgIpc) is 3.30. The Morgan fingerprint density at radius 1 is 1.14 bits per heavy atom. The Labute approximate surface area is 160 Å². The van der Waals surface area contributed by atoms with Gasteiger partial charge in [0.15, 0.2) is 17.1 Å². The van der Waals surface area contributed by atoms with Crippen molar-refractivity contribution in [1.29, 1.82) is 0 Å². The summed E-state index contributed by atoms with van der Waals surface area (Å²) in [7, 11) is 0. The lowest BCUT2D eigenvalue weighted by Crippen LogP contribution is -2.43. The summed E-state index contributed by atoms with van der Waals surface area (Å²) in [4.78, 5) is 27.4. The molecule has 1 aromatic carbocycles. The first-order valence-electron chi connectivity index (χ1n) is 9.36. The third kappa shape index (κ3) is 2.62. The number of carbonyl (C=O) groups is 1. The van der Waals surface area contributed by atoms with Crippen LogP contribution in [0.5, 0.6) is 11.5 Å². The highest BCUT2D eigenvalue weighted by Crippen LogP contribution is 2.36. The summed E-state index contributed by atoms with van der Waals surface area (Å²) in [5.41, 5.74) is 1.84. The normalized spacial score (nSPS) is 16.2. The first kappa shape index (κ1) is 17.1. The molecule has 2 aromatic heterocycles. The van der Waals surface area contributed by atoms with Crippen LogP contribution in [0.4, 0.5) is 0 Å². The number of aryl methyl sites for hydroxylation is 1. The second-order valence-corrected chi connectivity index (χ2v) is 6.88. The molecular weight excluding hydrogens is 364 g/mol. The molecule has 9 heteroatoms. The smallest absolute Gasteiger partial charge is 0.351 e. The van der Waals surface area contributed by atoms with Crippen molar-refractivity contribution in [2.75, 3.05) is 33.1 Å². The molecule has 1 fully saturated rings. The molecule has 0 saturated carbocycles. The van der Waals surface area contributed by atoms with Gasteiger partial charge in [0.05, 0.1) is 18.7 Å². The standard InChI is InChI=1S/C19H20N4O5/c1-2-12-7-13-8-15-16(28-11-27-15)9-14(13)23-18(12)20-22(19(23)25)10-17(24)21-3-5-26-6-4-21/h7-9H,2-6,10-11H2,1H3. The van der Waals surface area contributed by atoms with E-state index < -0.39 is 0 Å². The minimum absolute atomic E-state index is 0.0876. The van der Waals surface area contributed by atoms with Crippen LogP contribution in [0.25, 0.3) is 16.6 Å². The number of fused-ring (bicyclic) bond motifs is 4. The van der Waals surface area contributed by atoms with Gasteiger partial charge in [-0.3, -0.25) is 4.79 Å². The largest absolute Gasteiger partial charge is 0.454 e. The molecule has 5 rings (SSSR count). The summed E-state index contributed by atoms with van der Waals surface area (Å²) in [6.07, 6.45) is 0.710. The van der Waals surface area contributed by atoms with E-state index in [2.05, 4.69) is 5.10 Å². The lowest BCUT2D eigenvalue weighted by atomic mass is 10.1. The minimum atomic E-state index is -0.337. The second-order valence-electron chi connectivity index (χ2n) is 6.88. The van der Waals surface area contributed by atoms with Crippen molar-refractivity contribution in [3.05, 3.63) is 34.2 Å². The second kappa shape index (κ2) is 6.52. The predicted octanol–water partition coefficient (Wildman–Crippen LogP) is 0.799. The van der Waals surface area contributed by atoms with Crippen molar-refractivity contribution in [2.45, 2.75) is 19.9 Å². The number of carbonyl (C=O) groups excluding carboxylic acids is 1. The summed E-state index contributed by atoms with van der Waals surface area (Å²) in [5, 5.41) is 5.35. The molecule has 0 aliphatic carbocycles. The zero-order valence-electron chi connectivity index (χ0n) is 15.5. The van der Waals surface area contributed by atoms with Gasteiger partial charge in [-0.2, -0.15) is 0 Å². The van der Waals surface area contributed by atoms with Crippen LogP contribution < -0.4 is 15.2 Å². The molecule has 1 amide bonds. The molecule has 0 spiro atoms. The first-order chi connectivity index (χ1) is 13.7. The van der Waals surface area contributed by atoms with E-state index in [9.17, 15) is 9.59 Å². The summed E-state index contributed by atoms with van der Waals surface area (Å²) in [6.45, 7) is 4.19. The third-order valence-electron chi connectivity index (χ3n) is 5.25. The van der Waals surface area contributed by atoms with Gasteiger partial charge in [-0.05, 0) is 24.1 Å². The Morgan fingerprint density at radius 2 is 1.89 bits per heavy atom. The zero-order chi connectivity index (χ0) is 19.3. The molecule has 9 nitrogen and oxygen atoms in total. The Balaban J connectivity index is 1.63. The molecule has 28 heavy (non-hydrogen) atoms. The molecule has 4 heterocycles. The van der Waals surface area contributed by atoms with E-state index >= 15 is 0 Å². The lowest BCUT2D eigenvalue weighted by Gasteiger charge is -2.26. The van der Waals surface area contributed by atoms with Gasteiger partial charge in [0, 0.05) is 24.5 Å². The van der Waals surface area contributed by atoms with E-state index in [-0.39, 0.29) is 24.9 Å². The van der Waals surface area contributed by atoms with Gasteiger partial charge in [-0.15, -0.1) is 5.10 Å². The molecule has 0 N–H and O–H groups in total. The van der Waals surface area contributed by atoms with Crippen LogP contribution in [-0.4, -0.2) is 58.1 Å². The number of nitrogens with zero attached hydrogens (tertiary/aromatic N) is 4. The van der Waals surface area contributed by atoms with Crippen molar-refractivity contribution in [3.63, 3.8) is 0 Å². The predicted molar refractivity (Wildman–Crippen MR) is 99.9 cm³/mol. The lowest BCUT2D eigenvalue weighted by molar-refractivity contribution is -0.136. The SMILES string of the molecule is CCc1cc2cc3c(cc2n2c(=O)n(CC(=O)N4CCOCC4)nc12)OCO3. The molecule has 0 unspecified atom stereocenters. The van der Waals surface area contributed by atoms with Crippen LogP contribution in [0.3, 0.4) is 0 Å². The van der Waals surface area contributed by atoms with Crippen LogP contribution in [0, 0.1) is 0 Å². The minimum Gasteiger partial charge on any atom is -0.454 e. The molecule has 1 saturated heterocycles. The monoisotopic (exact) mass is 384 g/mol. The van der Waals surface area contributed by atoms with Crippen LogP contribution >= 0.6 is 0 Å². The fraction of sp³-hybridized carbons (Fsp3) is 0.421. The summed E-state index contributed by atoms with van der Waals surface area (Å²) >= 11 is 0. The number of amides is 1. The van der Waals surface area contributed by atoms with Crippen LogP contribution in [-0.2, 0) is 22.5 Å². The molecule has 146 valence electrons. The van der Waals surface area contributed by atoms with E-state index in [1.807, 2.05) is 19.1 Å². The van der Waals surface area contributed by atoms with E-state index in [0.717, 1.165) is 10.9 Å². The Bertz CT molecular complexity index is 1140. The quantitative estimate of drug-likeness (QED) is 0.664. The Kier molecular flexibility index (Phi) is 3.97. The maximum Gasteiger partial charge on any atom is 0.351 e. The van der Waals surface area contributed by atoms with Gasteiger partial charge in [0.1, 0.15) is 6.54 Å². The van der Waals surface area contributed by atoms with Crippen molar-refractivity contribution in [3.8, 4) is 11.5 Å². The summed E-state index contributed by atoms with van der Waals surface area (Å²) in [6, 6.07) is 5.67. The number of rotatable bonds is 3. The Morgan fingerprint density at radius 3 is 2.64 bits per heavy atom. The topological polar surface area (TPSA) is 87.3 Å². The van der Waals surface area contributed by atoms with Gasteiger partial charge >= 0.3 is 5.69 Å². The number of pyridine rings is 1. The van der Waals surface area contributed by atoms with Crippen LogP contribution in [0.15, 0.2) is 23.0 Å². The molecule has 2 aliphatic rings. The third-order valence-corrected chi connectivity index (χ3v) is 5.25. The summed E-state index contributed by atoms with van der Waals surface area (Å²) in [5.74, 6) is 1.13. The Hall–Kier alpha value is -3.07. The number of aromatic nitrogens is 3. The number of morpholine rings is 1. The van der Waals surface area contributed by atoms with Gasteiger partial charge < -0.3 is 19.1 Å². The van der Waals surface area contributed by atoms with Gasteiger partial charge in [0.2, 0.25) is 12.7 Å². The van der Waals surface area contributed by atoms with Crippen molar-refractivity contribution in [2.24, 2.45) is 0 Å². The van der Waals surface area contributed by atoms with Crippen molar-refractivity contribution >= 4 is 22.5 Å². The number of ether oxygens (including phenoxy) is 3. The van der Waals surface area contributed by atoms with E-state index in [0.29, 0.717) is 55.4 Å². The molecule has 0 atom stereocenters. The van der Waals surface area contributed by atoms with Gasteiger partial charge in [0.25, 0.3) is 0 Å². The molecular formula is C19H20N4O5.